The fourth-order valence-electron chi connectivity index (χ4n) is 2.26. The van der Waals surface area contributed by atoms with Gasteiger partial charge in [0.25, 0.3) is 5.91 Å². The zero-order chi connectivity index (χ0) is 18.9. The Labute approximate surface area is 158 Å². The second kappa shape index (κ2) is 10.0. The summed E-state index contributed by atoms with van der Waals surface area (Å²) in [6.45, 7) is 6.98. The molecule has 0 aliphatic rings. The third kappa shape index (κ3) is 6.92. The zero-order valence-electron chi connectivity index (χ0n) is 15.5. The normalized spacial score (nSPS) is 10.8. The second-order valence-electron chi connectivity index (χ2n) is 6.71. The lowest BCUT2D eigenvalue weighted by atomic mass is 10.1. The number of carbonyl (C=O) groups is 2. The average molecular weight is 375 g/mol. The van der Waals surface area contributed by atoms with Crippen molar-refractivity contribution in [3.05, 3.63) is 39.8 Å². The molecule has 0 saturated carbocycles. The minimum absolute atomic E-state index is 0.0625. The van der Waals surface area contributed by atoms with Gasteiger partial charge in [0.1, 0.15) is 5.01 Å². The second-order valence-corrected chi connectivity index (χ2v) is 7.77. The van der Waals surface area contributed by atoms with Crippen molar-refractivity contribution in [3.8, 4) is 0 Å². The third-order valence-corrected chi connectivity index (χ3v) is 4.79. The van der Waals surface area contributed by atoms with Crippen molar-refractivity contribution in [1.82, 2.24) is 15.5 Å². The minimum Gasteiger partial charge on any atom is -0.356 e. The van der Waals surface area contributed by atoms with Crippen molar-refractivity contribution in [2.45, 2.75) is 46.5 Å². The highest BCUT2D eigenvalue weighted by molar-refractivity contribution is 7.13. The third-order valence-electron chi connectivity index (χ3n) is 3.81. The minimum atomic E-state index is -0.260. The maximum atomic E-state index is 12.2. The Morgan fingerprint density at radius 2 is 1.88 bits per heavy atom. The molecule has 26 heavy (non-hydrogen) atoms. The lowest BCUT2D eigenvalue weighted by molar-refractivity contribution is -0.121. The number of nitrogens with one attached hydrogen (secondary N) is 2. The van der Waals surface area contributed by atoms with E-state index in [-0.39, 0.29) is 11.8 Å². The van der Waals surface area contributed by atoms with Gasteiger partial charge in [0.2, 0.25) is 10.9 Å². The first-order chi connectivity index (χ1) is 12.4. The zero-order valence-corrected chi connectivity index (χ0v) is 16.4. The molecule has 0 aliphatic heterocycles. The van der Waals surface area contributed by atoms with E-state index in [1.54, 1.807) is 0 Å². The summed E-state index contributed by atoms with van der Waals surface area (Å²) in [5.74, 6) is 0.387. The van der Waals surface area contributed by atoms with Crippen molar-refractivity contribution in [2.75, 3.05) is 11.9 Å². The largest absolute Gasteiger partial charge is 0.356 e. The van der Waals surface area contributed by atoms with E-state index in [9.17, 15) is 9.59 Å². The molecular formula is C19H26N4O2S. The molecule has 2 rings (SSSR count). The number of benzene rings is 1. The highest BCUT2D eigenvalue weighted by Crippen LogP contribution is 2.15. The van der Waals surface area contributed by atoms with E-state index in [0.29, 0.717) is 30.2 Å². The number of hydrogen-bond donors (Lipinski definition) is 2. The van der Waals surface area contributed by atoms with Gasteiger partial charge in [-0.1, -0.05) is 42.9 Å². The lowest BCUT2D eigenvalue weighted by Gasteiger charge is -2.06. The predicted octanol–water partition coefficient (Wildman–Crippen LogP) is 3.58. The van der Waals surface area contributed by atoms with Gasteiger partial charge in [-0.25, -0.2) is 0 Å². The molecule has 1 aromatic heterocycles. The number of carbonyl (C=O) groups excluding carboxylic acids is 2. The van der Waals surface area contributed by atoms with Gasteiger partial charge in [0.05, 0.1) is 0 Å². The summed E-state index contributed by atoms with van der Waals surface area (Å²) in [5.41, 5.74) is 1.87. The molecule has 6 nitrogen and oxygen atoms in total. The van der Waals surface area contributed by atoms with Crippen molar-refractivity contribution in [1.29, 1.82) is 0 Å². The lowest BCUT2D eigenvalue weighted by Crippen LogP contribution is -2.25. The summed E-state index contributed by atoms with van der Waals surface area (Å²) in [7, 11) is 0. The smallest absolute Gasteiger partial charge is 0.286 e. The Bertz CT molecular complexity index is 725. The summed E-state index contributed by atoms with van der Waals surface area (Å²) in [5, 5.41) is 14.8. The van der Waals surface area contributed by atoms with Gasteiger partial charge in [-0.3, -0.25) is 9.59 Å². The predicted molar refractivity (Wildman–Crippen MR) is 104 cm³/mol. The van der Waals surface area contributed by atoms with Gasteiger partial charge >= 0.3 is 0 Å². The van der Waals surface area contributed by atoms with Gasteiger partial charge in [0.15, 0.2) is 0 Å². The number of hydrogen-bond acceptors (Lipinski definition) is 5. The molecule has 0 aliphatic carbocycles. The summed E-state index contributed by atoms with van der Waals surface area (Å²) >= 11 is 1.27. The SMILES string of the molecule is Cc1ccc(NC(=O)c2nnc(CCCC(=O)NCCC(C)C)s2)cc1. The molecular weight excluding hydrogens is 348 g/mol. The van der Waals surface area contributed by atoms with E-state index in [2.05, 4.69) is 34.7 Å². The van der Waals surface area contributed by atoms with Crippen molar-refractivity contribution >= 4 is 28.8 Å². The van der Waals surface area contributed by atoms with Crippen LogP contribution in [0.1, 0.15) is 53.5 Å². The van der Waals surface area contributed by atoms with E-state index in [1.165, 1.54) is 11.3 Å². The molecule has 0 fully saturated rings. The first-order valence-corrected chi connectivity index (χ1v) is 9.73. The van der Waals surface area contributed by atoms with E-state index in [0.717, 1.165) is 29.2 Å². The van der Waals surface area contributed by atoms with Crippen LogP contribution in [0.15, 0.2) is 24.3 Å². The molecule has 2 N–H and O–H groups in total. The number of anilines is 1. The number of amides is 2. The molecule has 0 radical (unpaired) electrons. The quantitative estimate of drug-likeness (QED) is 0.703. The molecule has 0 spiro atoms. The maximum Gasteiger partial charge on any atom is 0.286 e. The Morgan fingerprint density at radius 1 is 1.15 bits per heavy atom. The molecule has 1 aromatic carbocycles. The standard InChI is InChI=1S/C19H26N4O2S/c1-13(2)11-12-20-16(24)5-4-6-17-22-23-19(26-17)18(25)21-15-9-7-14(3)8-10-15/h7-10,13H,4-6,11-12H2,1-3H3,(H,20,24)(H,21,25). The van der Waals surface area contributed by atoms with Crippen LogP contribution in [-0.2, 0) is 11.2 Å². The number of rotatable bonds is 9. The van der Waals surface area contributed by atoms with E-state index in [1.807, 2.05) is 31.2 Å². The molecule has 140 valence electrons. The molecule has 2 amide bonds. The first-order valence-electron chi connectivity index (χ1n) is 8.91. The summed E-state index contributed by atoms with van der Waals surface area (Å²) < 4.78 is 0. The van der Waals surface area contributed by atoms with Crippen molar-refractivity contribution in [3.63, 3.8) is 0 Å². The van der Waals surface area contributed by atoms with Gasteiger partial charge in [-0.2, -0.15) is 0 Å². The van der Waals surface area contributed by atoms with E-state index in [4.69, 9.17) is 0 Å². The monoisotopic (exact) mass is 374 g/mol. The van der Waals surface area contributed by atoms with Crippen LogP contribution in [0.2, 0.25) is 0 Å². The Morgan fingerprint density at radius 3 is 2.58 bits per heavy atom. The van der Waals surface area contributed by atoms with Crippen LogP contribution in [0, 0.1) is 12.8 Å². The summed E-state index contributed by atoms with van der Waals surface area (Å²) in [6.07, 6.45) is 2.79. The van der Waals surface area contributed by atoms with Crippen LogP contribution >= 0.6 is 11.3 Å². The van der Waals surface area contributed by atoms with E-state index < -0.39 is 0 Å². The highest BCUT2D eigenvalue weighted by atomic mass is 32.1. The summed E-state index contributed by atoms with van der Waals surface area (Å²) in [4.78, 5) is 23.9. The summed E-state index contributed by atoms with van der Waals surface area (Å²) in [6, 6.07) is 7.58. The molecule has 0 atom stereocenters. The molecule has 0 saturated heterocycles. The van der Waals surface area contributed by atoms with Crippen LogP contribution < -0.4 is 10.6 Å². The molecule has 1 heterocycles. The Hall–Kier alpha value is -2.28. The van der Waals surface area contributed by atoms with Crippen LogP contribution in [0.5, 0.6) is 0 Å². The van der Waals surface area contributed by atoms with Crippen molar-refractivity contribution < 1.29 is 9.59 Å². The number of nitrogens with zero attached hydrogens (tertiary/aromatic N) is 2. The number of aromatic nitrogens is 2. The van der Waals surface area contributed by atoms with Gasteiger partial charge in [-0.15, -0.1) is 10.2 Å². The van der Waals surface area contributed by atoms with E-state index >= 15 is 0 Å². The van der Waals surface area contributed by atoms with Crippen LogP contribution in [0.3, 0.4) is 0 Å². The van der Waals surface area contributed by atoms with Gasteiger partial charge < -0.3 is 10.6 Å². The van der Waals surface area contributed by atoms with Gasteiger partial charge in [-0.05, 0) is 37.8 Å². The first kappa shape index (κ1) is 20.0. The highest BCUT2D eigenvalue weighted by Gasteiger charge is 2.13. The van der Waals surface area contributed by atoms with Crippen LogP contribution in [0.4, 0.5) is 5.69 Å². The van der Waals surface area contributed by atoms with Gasteiger partial charge in [0, 0.05) is 25.1 Å². The molecule has 7 heteroatoms. The average Bonchev–Trinajstić information content (AvgIpc) is 3.05. The van der Waals surface area contributed by atoms with Crippen molar-refractivity contribution in [2.24, 2.45) is 5.92 Å². The number of aryl methyl sites for hydroxylation is 2. The fourth-order valence-corrected chi connectivity index (χ4v) is 3.03. The molecule has 0 unspecified atom stereocenters. The fraction of sp³-hybridized carbons (Fsp3) is 0.474. The molecule has 0 bridgehead atoms. The molecule has 2 aromatic rings. The van der Waals surface area contributed by atoms with Crippen LogP contribution in [-0.4, -0.2) is 28.6 Å². The Kier molecular flexibility index (Phi) is 7.72. The topological polar surface area (TPSA) is 84.0 Å². The Balaban J connectivity index is 1.74. The van der Waals surface area contributed by atoms with Crippen LogP contribution in [0.25, 0.3) is 0 Å². The maximum absolute atomic E-state index is 12.2.